The van der Waals surface area contributed by atoms with E-state index in [0.29, 0.717) is 5.56 Å². The number of carbonyl (C=O) groups excluding carboxylic acids is 2. The van der Waals surface area contributed by atoms with Gasteiger partial charge in [-0.1, -0.05) is 30.3 Å². The summed E-state index contributed by atoms with van der Waals surface area (Å²) in [7, 11) is 0. The molecule has 1 aromatic rings. The number of halogens is 7. The second kappa shape index (κ2) is 9.09. The highest BCUT2D eigenvalue weighted by Gasteiger charge is 2.73. The van der Waals surface area contributed by atoms with Crippen LogP contribution >= 0.6 is 0 Å². The third-order valence-corrected chi connectivity index (χ3v) is 3.47. The Morgan fingerprint density at radius 3 is 1.97 bits per heavy atom. The number of esters is 1. The number of carbonyl (C=O) groups is 2. The highest BCUT2D eigenvalue weighted by molar-refractivity contribution is 5.81. The van der Waals surface area contributed by atoms with Crippen molar-refractivity contribution >= 4 is 12.1 Å². The van der Waals surface area contributed by atoms with Crippen LogP contribution in [0.25, 0.3) is 0 Å². The molecule has 0 aliphatic carbocycles. The maximum Gasteiger partial charge on any atom is 0.459 e. The van der Waals surface area contributed by atoms with Gasteiger partial charge in [-0.05, 0) is 26.3 Å². The van der Waals surface area contributed by atoms with Crippen LogP contribution in [0.15, 0.2) is 30.3 Å². The first-order chi connectivity index (χ1) is 13.5. The van der Waals surface area contributed by atoms with Gasteiger partial charge in [0.25, 0.3) is 0 Å². The summed E-state index contributed by atoms with van der Waals surface area (Å²) in [6, 6.07) is 5.40. The highest BCUT2D eigenvalue weighted by Crippen LogP contribution is 2.48. The molecule has 1 unspecified atom stereocenters. The zero-order valence-corrected chi connectivity index (χ0v) is 16.2. The third-order valence-electron chi connectivity index (χ3n) is 3.47. The largest absolute Gasteiger partial charge is 0.459 e. The van der Waals surface area contributed by atoms with Crippen LogP contribution in [0.3, 0.4) is 0 Å². The summed E-state index contributed by atoms with van der Waals surface area (Å²) in [6.07, 6.45) is -10.4. The Labute approximate surface area is 167 Å². The van der Waals surface area contributed by atoms with Crippen molar-refractivity contribution in [3.05, 3.63) is 35.9 Å². The smallest absolute Gasteiger partial charge is 0.458 e. The van der Waals surface area contributed by atoms with Crippen molar-refractivity contribution in [2.24, 2.45) is 0 Å². The second-order valence-electron chi connectivity index (χ2n) is 7.27. The molecule has 0 bridgehead atoms. The number of rotatable bonds is 7. The summed E-state index contributed by atoms with van der Waals surface area (Å²) < 4.78 is 100. The van der Waals surface area contributed by atoms with Gasteiger partial charge in [0.05, 0.1) is 0 Å². The van der Waals surface area contributed by atoms with Crippen LogP contribution in [-0.4, -0.2) is 41.7 Å². The second-order valence-corrected chi connectivity index (χ2v) is 7.27. The van der Waals surface area contributed by atoms with Crippen LogP contribution in [0, 0.1) is 0 Å². The Bertz CT molecular complexity index is 730. The first-order valence-corrected chi connectivity index (χ1v) is 8.49. The van der Waals surface area contributed by atoms with E-state index >= 15 is 0 Å². The number of amides is 1. The molecule has 0 radical (unpaired) electrons. The van der Waals surface area contributed by atoms with E-state index in [0.717, 1.165) is 0 Å². The Kier molecular flexibility index (Phi) is 7.73. The van der Waals surface area contributed by atoms with E-state index in [2.05, 4.69) is 0 Å². The molecule has 1 aromatic carbocycles. The Morgan fingerprint density at radius 2 is 1.50 bits per heavy atom. The molecule has 30 heavy (non-hydrogen) atoms. The molecule has 0 aliphatic rings. The molecule has 0 fully saturated rings. The van der Waals surface area contributed by atoms with Gasteiger partial charge in [-0.3, -0.25) is 0 Å². The number of benzene rings is 1. The summed E-state index contributed by atoms with van der Waals surface area (Å²) in [5, 5.41) is 1.57. The van der Waals surface area contributed by atoms with Crippen LogP contribution in [0.2, 0.25) is 0 Å². The van der Waals surface area contributed by atoms with Crippen LogP contribution in [0.5, 0.6) is 0 Å². The molecule has 1 rings (SSSR count). The maximum absolute atomic E-state index is 13.8. The van der Waals surface area contributed by atoms with Gasteiger partial charge in [0.2, 0.25) is 0 Å². The normalized spacial score (nSPS) is 14.1. The summed E-state index contributed by atoms with van der Waals surface area (Å²) in [6.45, 7) is 3.54. The zero-order chi connectivity index (χ0) is 23.4. The van der Waals surface area contributed by atoms with E-state index in [1.54, 1.807) is 23.5 Å². The fourth-order valence-electron chi connectivity index (χ4n) is 2.07. The average molecular weight is 447 g/mol. The summed E-state index contributed by atoms with van der Waals surface area (Å²) >= 11 is 0. The van der Waals surface area contributed by atoms with Gasteiger partial charge < -0.3 is 14.8 Å². The molecular weight excluding hydrogens is 427 g/mol. The predicted octanol–water partition coefficient (Wildman–Crippen LogP) is 4.85. The van der Waals surface area contributed by atoms with Crippen LogP contribution in [0.1, 0.15) is 32.8 Å². The number of hydrogen-bond acceptors (Lipinski definition) is 4. The first-order valence-electron chi connectivity index (χ1n) is 8.49. The molecule has 1 atom stereocenters. The van der Waals surface area contributed by atoms with Gasteiger partial charge in [-0.15, -0.1) is 0 Å². The minimum absolute atomic E-state index is 0.372. The van der Waals surface area contributed by atoms with Crippen molar-refractivity contribution in [3.63, 3.8) is 0 Å². The fraction of sp³-hybridized carbons (Fsp3) is 0.556. The van der Waals surface area contributed by atoms with Crippen molar-refractivity contribution in [2.75, 3.05) is 0 Å². The standard InChI is InChI=1S/C18H20F7NO4/c1-15(2,3)30-13(27)12(9-16(19,20)17(21,22)18(23,24)25)26-14(28)29-10-11-7-5-4-6-8-11/h4-8,12H,9-10H2,1-3H3,(H,26,28). The lowest BCUT2D eigenvalue weighted by molar-refractivity contribution is -0.356. The fourth-order valence-corrected chi connectivity index (χ4v) is 2.07. The number of nitrogens with one attached hydrogen (secondary N) is 1. The van der Waals surface area contributed by atoms with E-state index < -0.39 is 48.1 Å². The SMILES string of the molecule is CC(C)(C)OC(=O)C(CC(F)(F)C(F)(F)C(F)(F)F)NC(=O)OCc1ccccc1. The first kappa shape index (κ1) is 25.5. The van der Waals surface area contributed by atoms with E-state index in [1.807, 2.05) is 0 Å². The molecule has 170 valence electrons. The van der Waals surface area contributed by atoms with Gasteiger partial charge in [-0.2, -0.15) is 30.7 Å². The van der Waals surface area contributed by atoms with Crippen LogP contribution in [0.4, 0.5) is 35.5 Å². The molecule has 12 heteroatoms. The van der Waals surface area contributed by atoms with E-state index in [1.165, 1.54) is 32.9 Å². The highest BCUT2D eigenvalue weighted by atomic mass is 19.4. The molecular formula is C18H20F7NO4. The summed E-state index contributed by atoms with van der Waals surface area (Å²) in [5.74, 6) is -13.8. The van der Waals surface area contributed by atoms with E-state index in [9.17, 15) is 40.3 Å². The van der Waals surface area contributed by atoms with Gasteiger partial charge in [-0.25, -0.2) is 9.59 Å². The summed E-state index contributed by atoms with van der Waals surface area (Å²) in [5.41, 5.74) is -0.831. The van der Waals surface area contributed by atoms with Crippen molar-refractivity contribution in [1.29, 1.82) is 0 Å². The van der Waals surface area contributed by atoms with Gasteiger partial charge in [0, 0.05) is 6.42 Å². The number of alkyl halides is 7. The lowest BCUT2D eigenvalue weighted by Gasteiger charge is -2.31. The lowest BCUT2D eigenvalue weighted by atomic mass is 10.0. The van der Waals surface area contributed by atoms with Crippen molar-refractivity contribution in [3.8, 4) is 0 Å². The van der Waals surface area contributed by atoms with Crippen LogP contribution in [-0.2, 0) is 20.9 Å². The monoisotopic (exact) mass is 447 g/mol. The molecule has 1 N–H and O–H groups in total. The number of ether oxygens (including phenoxy) is 2. The molecule has 0 aromatic heterocycles. The Morgan fingerprint density at radius 1 is 0.967 bits per heavy atom. The number of alkyl carbamates (subject to hydrolysis) is 1. The zero-order valence-electron chi connectivity index (χ0n) is 16.2. The topological polar surface area (TPSA) is 64.6 Å². The molecule has 0 heterocycles. The van der Waals surface area contributed by atoms with E-state index in [-0.39, 0.29) is 6.61 Å². The van der Waals surface area contributed by atoms with Crippen molar-refractivity contribution < 1.29 is 49.8 Å². The Hall–Kier alpha value is -2.53. The van der Waals surface area contributed by atoms with Gasteiger partial charge in [0.1, 0.15) is 18.2 Å². The Balaban J connectivity index is 2.99. The molecule has 0 saturated heterocycles. The quantitative estimate of drug-likeness (QED) is 0.480. The molecule has 1 amide bonds. The minimum atomic E-state index is -6.58. The average Bonchev–Trinajstić information content (AvgIpc) is 2.57. The predicted molar refractivity (Wildman–Crippen MR) is 90.0 cm³/mol. The van der Waals surface area contributed by atoms with Crippen molar-refractivity contribution in [1.82, 2.24) is 5.32 Å². The van der Waals surface area contributed by atoms with Crippen LogP contribution < -0.4 is 5.32 Å². The van der Waals surface area contributed by atoms with Gasteiger partial charge >= 0.3 is 30.1 Å². The molecule has 0 saturated carbocycles. The summed E-state index contributed by atoms with van der Waals surface area (Å²) in [4.78, 5) is 23.9. The molecule has 0 spiro atoms. The third kappa shape index (κ3) is 7.06. The van der Waals surface area contributed by atoms with E-state index in [4.69, 9.17) is 9.47 Å². The van der Waals surface area contributed by atoms with Crippen molar-refractivity contribution in [2.45, 2.75) is 63.5 Å². The van der Waals surface area contributed by atoms with Gasteiger partial charge in [0.15, 0.2) is 0 Å². The number of hydrogen-bond donors (Lipinski definition) is 1. The lowest BCUT2D eigenvalue weighted by Crippen LogP contribution is -2.56. The minimum Gasteiger partial charge on any atom is -0.458 e. The molecule has 0 aliphatic heterocycles. The molecule has 5 nitrogen and oxygen atoms in total. The maximum atomic E-state index is 13.8.